The van der Waals surface area contributed by atoms with E-state index in [0.29, 0.717) is 16.7 Å². The molecule has 0 saturated heterocycles. The van der Waals surface area contributed by atoms with Crippen LogP contribution in [0.3, 0.4) is 0 Å². The molecule has 0 atom stereocenters. The van der Waals surface area contributed by atoms with Crippen molar-refractivity contribution in [3.8, 4) is 16.9 Å². The molecule has 3 nitrogen and oxygen atoms in total. The second-order valence-electron chi connectivity index (χ2n) is 4.77. The summed E-state index contributed by atoms with van der Waals surface area (Å²) in [5.74, 6) is -1.03. The van der Waals surface area contributed by atoms with E-state index in [1.165, 1.54) is 18.2 Å². The molecule has 2 aromatic rings. The summed E-state index contributed by atoms with van der Waals surface area (Å²) < 4.78 is 42.4. The number of hydrogen-bond donors (Lipinski definition) is 1. The highest BCUT2D eigenvalue weighted by Crippen LogP contribution is 2.35. The van der Waals surface area contributed by atoms with Crippen molar-refractivity contribution in [3.63, 3.8) is 0 Å². The van der Waals surface area contributed by atoms with Crippen LogP contribution in [0.15, 0.2) is 36.4 Å². The molecule has 0 heterocycles. The van der Waals surface area contributed by atoms with Gasteiger partial charge >= 0.3 is 12.1 Å². The number of ether oxygens (including phenoxy) is 1. The fraction of sp³-hybridized carbons (Fsp3) is 0.278. The molecule has 0 aromatic heterocycles. The standard InChI is InChI=1S/C16H13F3O3.C2H6/c1-9-7-12(14(13(20)8-9)15(21)22-2)10-3-5-11(6-4-10)16(17,18)19;1-2/h3-8,20H,1-2H3;1-2H3. The monoisotopic (exact) mass is 340 g/mol. The smallest absolute Gasteiger partial charge is 0.416 e. The number of phenolic OH excluding ortho intramolecular Hbond substituents is 1. The molecule has 0 amide bonds. The van der Waals surface area contributed by atoms with Crippen molar-refractivity contribution >= 4 is 5.97 Å². The molecule has 0 spiro atoms. The zero-order valence-corrected chi connectivity index (χ0v) is 13.9. The van der Waals surface area contributed by atoms with Crippen LogP contribution in [0.25, 0.3) is 11.1 Å². The van der Waals surface area contributed by atoms with Crippen LogP contribution < -0.4 is 0 Å². The number of rotatable bonds is 2. The van der Waals surface area contributed by atoms with Crippen molar-refractivity contribution in [1.29, 1.82) is 0 Å². The molecule has 0 aliphatic rings. The van der Waals surface area contributed by atoms with Gasteiger partial charge in [-0.25, -0.2) is 4.79 Å². The zero-order valence-electron chi connectivity index (χ0n) is 13.9. The van der Waals surface area contributed by atoms with Crippen molar-refractivity contribution in [1.82, 2.24) is 0 Å². The van der Waals surface area contributed by atoms with E-state index >= 15 is 0 Å². The van der Waals surface area contributed by atoms with Crippen LogP contribution in [-0.4, -0.2) is 18.2 Å². The van der Waals surface area contributed by atoms with Gasteiger partial charge in [-0.3, -0.25) is 0 Å². The van der Waals surface area contributed by atoms with Gasteiger partial charge in [-0.1, -0.05) is 32.0 Å². The minimum absolute atomic E-state index is 0.0761. The van der Waals surface area contributed by atoms with Crippen LogP contribution in [0.5, 0.6) is 5.75 Å². The Morgan fingerprint density at radius 3 is 2.08 bits per heavy atom. The quantitative estimate of drug-likeness (QED) is 0.765. The number of methoxy groups -OCH3 is 1. The Morgan fingerprint density at radius 1 is 1.08 bits per heavy atom. The highest BCUT2D eigenvalue weighted by molar-refractivity contribution is 6.00. The van der Waals surface area contributed by atoms with Crippen LogP contribution in [0.4, 0.5) is 13.2 Å². The first kappa shape index (κ1) is 19.5. The predicted octanol–water partition coefficient (Wildman–Crippen LogP) is 5.20. The first-order valence-electron chi connectivity index (χ1n) is 7.33. The predicted molar refractivity (Wildman–Crippen MR) is 86.0 cm³/mol. The van der Waals surface area contributed by atoms with Gasteiger partial charge in [-0.05, 0) is 36.2 Å². The third kappa shape index (κ3) is 4.28. The summed E-state index contributed by atoms with van der Waals surface area (Å²) >= 11 is 0. The molecule has 0 fully saturated rings. The van der Waals surface area contributed by atoms with E-state index in [1.807, 2.05) is 13.8 Å². The highest BCUT2D eigenvalue weighted by atomic mass is 19.4. The van der Waals surface area contributed by atoms with E-state index in [4.69, 9.17) is 0 Å². The van der Waals surface area contributed by atoms with E-state index in [9.17, 15) is 23.1 Å². The normalized spacial score (nSPS) is 10.6. The number of esters is 1. The Balaban J connectivity index is 0.00000139. The molecule has 6 heteroatoms. The molecule has 2 aromatic carbocycles. The van der Waals surface area contributed by atoms with Crippen LogP contribution in [-0.2, 0) is 10.9 Å². The lowest BCUT2D eigenvalue weighted by Gasteiger charge is -2.13. The number of aromatic hydroxyl groups is 1. The van der Waals surface area contributed by atoms with Gasteiger partial charge in [-0.15, -0.1) is 0 Å². The van der Waals surface area contributed by atoms with Gasteiger partial charge in [0, 0.05) is 5.56 Å². The average Bonchev–Trinajstić information content (AvgIpc) is 2.54. The number of aryl methyl sites for hydroxylation is 1. The van der Waals surface area contributed by atoms with Crippen LogP contribution in [0.1, 0.15) is 35.3 Å². The lowest BCUT2D eigenvalue weighted by atomic mass is 9.96. The minimum atomic E-state index is -4.43. The largest absolute Gasteiger partial charge is 0.507 e. The maximum atomic E-state index is 12.6. The van der Waals surface area contributed by atoms with Crippen LogP contribution in [0, 0.1) is 6.92 Å². The number of halogens is 3. The SMILES string of the molecule is CC.COC(=O)c1c(O)cc(C)cc1-c1ccc(C(F)(F)F)cc1. The van der Waals surface area contributed by atoms with Crippen LogP contribution in [0.2, 0.25) is 0 Å². The van der Waals surface area contributed by atoms with Crippen molar-refractivity contribution in [2.75, 3.05) is 7.11 Å². The Hall–Kier alpha value is -2.50. The molecule has 2 rings (SSSR count). The molecule has 0 aliphatic heterocycles. The van der Waals surface area contributed by atoms with E-state index < -0.39 is 17.7 Å². The zero-order chi connectivity index (χ0) is 18.5. The second kappa shape index (κ2) is 7.86. The number of phenols is 1. The number of carbonyl (C=O) groups excluding carboxylic acids is 1. The average molecular weight is 340 g/mol. The number of alkyl halides is 3. The van der Waals surface area contributed by atoms with Gasteiger partial charge in [0.05, 0.1) is 12.7 Å². The maximum Gasteiger partial charge on any atom is 0.416 e. The van der Waals surface area contributed by atoms with Crippen molar-refractivity contribution < 1.29 is 27.8 Å². The second-order valence-corrected chi connectivity index (χ2v) is 4.77. The van der Waals surface area contributed by atoms with Gasteiger partial charge in [-0.2, -0.15) is 13.2 Å². The van der Waals surface area contributed by atoms with Crippen molar-refractivity contribution in [3.05, 3.63) is 53.1 Å². The summed E-state index contributed by atoms with van der Waals surface area (Å²) in [6.07, 6.45) is -4.43. The molecular weight excluding hydrogens is 321 g/mol. The third-order valence-electron chi connectivity index (χ3n) is 3.17. The van der Waals surface area contributed by atoms with Gasteiger partial charge in [0.15, 0.2) is 0 Å². The molecule has 0 aliphatic carbocycles. The first-order valence-corrected chi connectivity index (χ1v) is 7.33. The molecule has 1 N–H and O–H groups in total. The Bertz CT molecular complexity index is 705. The summed E-state index contributed by atoms with van der Waals surface area (Å²) in [5.41, 5.74) is 0.506. The van der Waals surface area contributed by atoms with E-state index in [1.54, 1.807) is 13.0 Å². The third-order valence-corrected chi connectivity index (χ3v) is 3.17. The number of benzene rings is 2. The summed E-state index contributed by atoms with van der Waals surface area (Å²) in [5, 5.41) is 9.94. The molecule has 0 radical (unpaired) electrons. The van der Waals surface area contributed by atoms with E-state index in [2.05, 4.69) is 4.74 Å². The Kier molecular flexibility index (Phi) is 6.40. The van der Waals surface area contributed by atoms with Gasteiger partial charge in [0.2, 0.25) is 0 Å². The molecule has 0 saturated carbocycles. The molecule has 130 valence electrons. The Morgan fingerprint density at radius 2 is 1.62 bits per heavy atom. The summed E-state index contributed by atoms with van der Waals surface area (Å²) in [6.45, 7) is 5.70. The first-order chi connectivity index (χ1) is 11.2. The van der Waals surface area contributed by atoms with Crippen molar-refractivity contribution in [2.24, 2.45) is 0 Å². The number of carbonyl (C=O) groups is 1. The fourth-order valence-corrected chi connectivity index (χ4v) is 2.15. The number of hydrogen-bond acceptors (Lipinski definition) is 3. The van der Waals surface area contributed by atoms with Crippen molar-refractivity contribution in [2.45, 2.75) is 26.9 Å². The molecular formula is C18H19F3O3. The summed E-state index contributed by atoms with van der Waals surface area (Å²) in [7, 11) is 1.16. The van der Waals surface area contributed by atoms with Gasteiger partial charge in [0.25, 0.3) is 0 Å². The van der Waals surface area contributed by atoms with E-state index in [-0.39, 0.29) is 11.3 Å². The van der Waals surface area contributed by atoms with E-state index in [0.717, 1.165) is 19.2 Å². The fourth-order valence-electron chi connectivity index (χ4n) is 2.15. The Labute approximate surface area is 138 Å². The summed E-state index contributed by atoms with van der Waals surface area (Å²) in [4.78, 5) is 11.8. The lowest BCUT2D eigenvalue weighted by Crippen LogP contribution is -2.06. The minimum Gasteiger partial charge on any atom is -0.507 e. The van der Waals surface area contributed by atoms with Gasteiger partial charge in [0.1, 0.15) is 11.3 Å². The van der Waals surface area contributed by atoms with Crippen LogP contribution >= 0.6 is 0 Å². The highest BCUT2D eigenvalue weighted by Gasteiger charge is 2.30. The molecule has 0 bridgehead atoms. The summed E-state index contributed by atoms with van der Waals surface area (Å²) in [6, 6.07) is 7.35. The topological polar surface area (TPSA) is 46.5 Å². The maximum absolute atomic E-state index is 12.6. The molecule has 24 heavy (non-hydrogen) atoms. The lowest BCUT2D eigenvalue weighted by molar-refractivity contribution is -0.137. The van der Waals surface area contributed by atoms with Gasteiger partial charge < -0.3 is 9.84 Å². The molecule has 0 unspecified atom stereocenters.